The number of nitrogens with zero attached hydrogens (tertiary/aromatic N) is 1. The highest BCUT2D eigenvalue weighted by atomic mass is 16.2. The SMILES string of the molecule is CNC1CCCC1CCN1CCCCCC1=O. The van der Waals surface area contributed by atoms with Crippen molar-refractivity contribution in [2.45, 2.75) is 57.4 Å². The summed E-state index contributed by atoms with van der Waals surface area (Å²) in [5.41, 5.74) is 0. The average molecular weight is 238 g/mol. The smallest absolute Gasteiger partial charge is 0.222 e. The van der Waals surface area contributed by atoms with E-state index in [1.807, 2.05) is 0 Å². The topological polar surface area (TPSA) is 32.3 Å². The standard InChI is InChI=1S/C14H26N2O/c1-15-13-7-5-6-12(13)9-11-16-10-4-2-3-8-14(16)17/h12-13,15H,2-11H2,1H3. The summed E-state index contributed by atoms with van der Waals surface area (Å²) >= 11 is 0. The van der Waals surface area contributed by atoms with Crippen LogP contribution in [0.5, 0.6) is 0 Å². The highest BCUT2D eigenvalue weighted by Crippen LogP contribution is 2.28. The molecule has 2 aliphatic rings. The largest absolute Gasteiger partial charge is 0.343 e. The second-order valence-electron chi connectivity index (χ2n) is 5.57. The van der Waals surface area contributed by atoms with E-state index in [2.05, 4.69) is 17.3 Å². The van der Waals surface area contributed by atoms with Gasteiger partial charge in [-0.15, -0.1) is 0 Å². The lowest BCUT2D eigenvalue weighted by Gasteiger charge is -2.25. The minimum absolute atomic E-state index is 0.390. The Morgan fingerprint density at radius 3 is 2.94 bits per heavy atom. The number of hydrogen-bond acceptors (Lipinski definition) is 2. The van der Waals surface area contributed by atoms with Crippen molar-refractivity contribution in [1.29, 1.82) is 0 Å². The summed E-state index contributed by atoms with van der Waals surface area (Å²) in [6, 6.07) is 0.692. The molecule has 3 nitrogen and oxygen atoms in total. The third kappa shape index (κ3) is 3.44. The van der Waals surface area contributed by atoms with Gasteiger partial charge in [-0.05, 0) is 45.1 Å². The molecule has 1 saturated heterocycles. The summed E-state index contributed by atoms with van der Waals surface area (Å²) in [5, 5.41) is 3.42. The zero-order valence-electron chi connectivity index (χ0n) is 11.1. The molecule has 17 heavy (non-hydrogen) atoms. The van der Waals surface area contributed by atoms with Gasteiger partial charge >= 0.3 is 0 Å². The lowest BCUT2D eigenvalue weighted by Crippen LogP contribution is -2.35. The van der Waals surface area contributed by atoms with Gasteiger partial charge in [0.15, 0.2) is 0 Å². The van der Waals surface area contributed by atoms with E-state index >= 15 is 0 Å². The van der Waals surface area contributed by atoms with Crippen molar-refractivity contribution in [2.24, 2.45) is 5.92 Å². The maximum absolute atomic E-state index is 11.9. The van der Waals surface area contributed by atoms with E-state index < -0.39 is 0 Å². The molecule has 1 amide bonds. The van der Waals surface area contributed by atoms with Crippen LogP contribution in [-0.2, 0) is 4.79 Å². The molecule has 0 aromatic rings. The lowest BCUT2D eigenvalue weighted by atomic mass is 9.99. The Hall–Kier alpha value is -0.570. The maximum Gasteiger partial charge on any atom is 0.222 e. The summed E-state index contributed by atoms with van der Waals surface area (Å²) in [5.74, 6) is 1.18. The van der Waals surface area contributed by atoms with E-state index in [-0.39, 0.29) is 0 Å². The van der Waals surface area contributed by atoms with Crippen molar-refractivity contribution in [3.05, 3.63) is 0 Å². The molecule has 1 N–H and O–H groups in total. The molecule has 2 fully saturated rings. The Kier molecular flexibility index (Phi) is 4.84. The van der Waals surface area contributed by atoms with E-state index in [1.54, 1.807) is 0 Å². The molecule has 1 heterocycles. The van der Waals surface area contributed by atoms with Gasteiger partial charge in [-0.3, -0.25) is 4.79 Å². The summed E-state index contributed by atoms with van der Waals surface area (Å²) in [7, 11) is 2.07. The molecular weight excluding hydrogens is 212 g/mol. The Bertz CT molecular complexity index is 255. The van der Waals surface area contributed by atoms with Crippen LogP contribution in [0.2, 0.25) is 0 Å². The third-order valence-electron chi connectivity index (χ3n) is 4.47. The highest BCUT2D eigenvalue weighted by molar-refractivity contribution is 5.76. The van der Waals surface area contributed by atoms with Crippen LogP contribution in [0.4, 0.5) is 0 Å². The van der Waals surface area contributed by atoms with E-state index in [1.165, 1.54) is 38.5 Å². The second kappa shape index (κ2) is 6.39. The van der Waals surface area contributed by atoms with Crippen molar-refractivity contribution in [2.75, 3.05) is 20.1 Å². The van der Waals surface area contributed by atoms with Gasteiger partial charge in [0, 0.05) is 25.6 Å². The van der Waals surface area contributed by atoms with Gasteiger partial charge in [0.25, 0.3) is 0 Å². The molecule has 0 radical (unpaired) electrons. The first kappa shape index (κ1) is 12.9. The van der Waals surface area contributed by atoms with Crippen LogP contribution < -0.4 is 5.32 Å². The second-order valence-corrected chi connectivity index (χ2v) is 5.57. The third-order valence-corrected chi connectivity index (χ3v) is 4.47. The quantitative estimate of drug-likeness (QED) is 0.814. The Labute approximate surface area is 105 Å². The van der Waals surface area contributed by atoms with Crippen LogP contribution in [0.3, 0.4) is 0 Å². The van der Waals surface area contributed by atoms with Crippen molar-refractivity contribution in [1.82, 2.24) is 10.2 Å². The zero-order valence-corrected chi connectivity index (χ0v) is 11.1. The highest BCUT2D eigenvalue weighted by Gasteiger charge is 2.26. The molecule has 0 bridgehead atoms. The molecule has 0 aromatic heterocycles. The Morgan fingerprint density at radius 1 is 1.24 bits per heavy atom. The van der Waals surface area contributed by atoms with Crippen molar-refractivity contribution in [3.8, 4) is 0 Å². The zero-order chi connectivity index (χ0) is 12.1. The number of rotatable bonds is 4. The first-order chi connectivity index (χ1) is 8.31. The normalized spacial score (nSPS) is 30.6. The molecule has 98 valence electrons. The number of carbonyl (C=O) groups excluding carboxylic acids is 1. The van der Waals surface area contributed by atoms with Gasteiger partial charge in [-0.1, -0.05) is 12.8 Å². The van der Waals surface area contributed by atoms with Crippen LogP contribution in [0.15, 0.2) is 0 Å². The maximum atomic E-state index is 11.9. The van der Waals surface area contributed by atoms with E-state index in [0.29, 0.717) is 11.9 Å². The molecule has 1 aliphatic heterocycles. The molecule has 0 spiro atoms. The van der Waals surface area contributed by atoms with Gasteiger partial charge in [-0.25, -0.2) is 0 Å². The molecule has 2 unspecified atom stereocenters. The van der Waals surface area contributed by atoms with Gasteiger partial charge < -0.3 is 10.2 Å². The molecule has 1 aliphatic carbocycles. The fourth-order valence-corrected chi connectivity index (χ4v) is 3.36. The van der Waals surface area contributed by atoms with Crippen LogP contribution in [-0.4, -0.2) is 37.0 Å². The van der Waals surface area contributed by atoms with Crippen LogP contribution in [0.1, 0.15) is 51.4 Å². The number of amides is 1. The van der Waals surface area contributed by atoms with Crippen molar-refractivity contribution < 1.29 is 4.79 Å². The van der Waals surface area contributed by atoms with E-state index in [0.717, 1.165) is 31.8 Å². The van der Waals surface area contributed by atoms with Crippen molar-refractivity contribution >= 4 is 5.91 Å². The van der Waals surface area contributed by atoms with Gasteiger partial charge in [0.05, 0.1) is 0 Å². The predicted molar refractivity (Wildman–Crippen MR) is 69.9 cm³/mol. The fourth-order valence-electron chi connectivity index (χ4n) is 3.36. The number of nitrogens with one attached hydrogen (secondary N) is 1. The van der Waals surface area contributed by atoms with E-state index in [4.69, 9.17) is 0 Å². The minimum Gasteiger partial charge on any atom is -0.343 e. The lowest BCUT2D eigenvalue weighted by molar-refractivity contribution is -0.130. The molecule has 2 rings (SSSR count). The molecular formula is C14H26N2O. The summed E-state index contributed by atoms with van der Waals surface area (Å²) < 4.78 is 0. The first-order valence-corrected chi connectivity index (χ1v) is 7.26. The van der Waals surface area contributed by atoms with Crippen molar-refractivity contribution in [3.63, 3.8) is 0 Å². The predicted octanol–water partition coefficient (Wildman–Crippen LogP) is 2.17. The summed E-state index contributed by atoms with van der Waals surface area (Å²) in [6.45, 7) is 1.98. The number of hydrogen-bond donors (Lipinski definition) is 1. The monoisotopic (exact) mass is 238 g/mol. The number of likely N-dealkylation sites (tertiary alicyclic amines) is 1. The van der Waals surface area contributed by atoms with Crippen LogP contribution in [0, 0.1) is 5.92 Å². The van der Waals surface area contributed by atoms with Crippen LogP contribution >= 0.6 is 0 Å². The van der Waals surface area contributed by atoms with Gasteiger partial charge in [0.1, 0.15) is 0 Å². The summed E-state index contributed by atoms with van der Waals surface area (Å²) in [6.07, 6.45) is 9.50. The number of carbonyl (C=O) groups is 1. The Balaban J connectivity index is 1.78. The summed E-state index contributed by atoms with van der Waals surface area (Å²) in [4.78, 5) is 14.0. The first-order valence-electron chi connectivity index (χ1n) is 7.26. The van der Waals surface area contributed by atoms with Gasteiger partial charge in [0.2, 0.25) is 5.91 Å². The van der Waals surface area contributed by atoms with Crippen LogP contribution in [0.25, 0.3) is 0 Å². The minimum atomic E-state index is 0.390. The molecule has 3 heteroatoms. The molecule has 1 saturated carbocycles. The fraction of sp³-hybridized carbons (Fsp3) is 0.929. The van der Waals surface area contributed by atoms with Gasteiger partial charge in [-0.2, -0.15) is 0 Å². The van der Waals surface area contributed by atoms with E-state index in [9.17, 15) is 4.79 Å². The molecule has 2 atom stereocenters. The molecule has 0 aromatic carbocycles. The Morgan fingerprint density at radius 2 is 2.12 bits per heavy atom. The average Bonchev–Trinajstić information content (AvgIpc) is 2.70.